The zero-order valence-corrected chi connectivity index (χ0v) is 10.6. The first-order valence-corrected chi connectivity index (χ1v) is 6.19. The van der Waals surface area contributed by atoms with Crippen LogP contribution in [0.1, 0.15) is 11.1 Å². The van der Waals surface area contributed by atoms with E-state index in [0.717, 1.165) is 31.6 Å². The van der Waals surface area contributed by atoms with Crippen LogP contribution in [0.2, 0.25) is 0 Å². The van der Waals surface area contributed by atoms with Gasteiger partial charge < -0.3 is 5.32 Å². The van der Waals surface area contributed by atoms with Crippen LogP contribution >= 0.6 is 0 Å². The smallest absolute Gasteiger partial charge is 0.123 e. The summed E-state index contributed by atoms with van der Waals surface area (Å²) in [7, 11) is 0. The van der Waals surface area contributed by atoms with Crippen molar-refractivity contribution in [3.05, 3.63) is 53.6 Å². The summed E-state index contributed by atoms with van der Waals surface area (Å²) in [5.74, 6) is -0.164. The molecule has 2 aromatic rings. The predicted molar refractivity (Wildman–Crippen MR) is 69.9 cm³/mol. The van der Waals surface area contributed by atoms with E-state index in [2.05, 4.69) is 10.4 Å². The van der Waals surface area contributed by atoms with Gasteiger partial charge >= 0.3 is 0 Å². The van der Waals surface area contributed by atoms with Crippen molar-refractivity contribution in [2.45, 2.75) is 19.9 Å². The van der Waals surface area contributed by atoms with Gasteiger partial charge in [-0.3, -0.25) is 4.68 Å². The van der Waals surface area contributed by atoms with E-state index in [1.165, 1.54) is 11.6 Å². The molecule has 0 saturated heterocycles. The predicted octanol–water partition coefficient (Wildman–Crippen LogP) is 2.16. The van der Waals surface area contributed by atoms with Crippen LogP contribution in [-0.2, 0) is 13.0 Å². The molecule has 0 aliphatic carbocycles. The molecule has 1 aromatic heterocycles. The highest BCUT2D eigenvalue weighted by molar-refractivity contribution is 5.26. The molecule has 0 unspecified atom stereocenters. The van der Waals surface area contributed by atoms with E-state index in [1.54, 1.807) is 12.3 Å². The number of nitrogens with one attached hydrogen (secondary N) is 1. The topological polar surface area (TPSA) is 29.9 Å². The molecule has 0 bridgehead atoms. The van der Waals surface area contributed by atoms with Crippen molar-refractivity contribution in [1.82, 2.24) is 15.1 Å². The third-order valence-electron chi connectivity index (χ3n) is 2.95. The Morgan fingerprint density at radius 3 is 2.94 bits per heavy atom. The molecule has 0 amide bonds. The third-order valence-corrected chi connectivity index (χ3v) is 2.95. The molecule has 1 heterocycles. The van der Waals surface area contributed by atoms with Gasteiger partial charge in [0.15, 0.2) is 0 Å². The summed E-state index contributed by atoms with van der Waals surface area (Å²) in [4.78, 5) is 0. The van der Waals surface area contributed by atoms with Crippen molar-refractivity contribution in [3.63, 3.8) is 0 Å². The molecule has 4 heteroatoms. The highest BCUT2D eigenvalue weighted by atomic mass is 19.1. The Bertz CT molecular complexity index is 480. The van der Waals surface area contributed by atoms with Crippen LogP contribution in [0.3, 0.4) is 0 Å². The lowest BCUT2D eigenvalue weighted by Crippen LogP contribution is -2.22. The van der Waals surface area contributed by atoms with Gasteiger partial charge in [0, 0.05) is 18.9 Å². The Balaban J connectivity index is 1.69. The minimum atomic E-state index is -0.164. The molecule has 0 aliphatic heterocycles. The minimum absolute atomic E-state index is 0.164. The van der Waals surface area contributed by atoms with Gasteiger partial charge in [0.1, 0.15) is 5.82 Å². The summed E-state index contributed by atoms with van der Waals surface area (Å²) in [6.45, 7) is 4.60. The average molecular weight is 247 g/mol. The molecule has 3 nitrogen and oxygen atoms in total. The van der Waals surface area contributed by atoms with Gasteiger partial charge in [-0.1, -0.05) is 6.07 Å². The zero-order valence-electron chi connectivity index (χ0n) is 10.6. The van der Waals surface area contributed by atoms with Crippen LogP contribution in [0.25, 0.3) is 0 Å². The number of aryl methyl sites for hydroxylation is 1. The van der Waals surface area contributed by atoms with E-state index in [9.17, 15) is 4.39 Å². The van der Waals surface area contributed by atoms with Gasteiger partial charge in [0.2, 0.25) is 0 Å². The monoisotopic (exact) mass is 247 g/mol. The van der Waals surface area contributed by atoms with Crippen molar-refractivity contribution in [2.75, 3.05) is 13.1 Å². The molecule has 1 N–H and O–H groups in total. The van der Waals surface area contributed by atoms with E-state index in [4.69, 9.17) is 0 Å². The van der Waals surface area contributed by atoms with Crippen LogP contribution in [0.4, 0.5) is 4.39 Å². The van der Waals surface area contributed by atoms with Crippen molar-refractivity contribution >= 4 is 0 Å². The summed E-state index contributed by atoms with van der Waals surface area (Å²) in [5, 5.41) is 7.49. The number of benzene rings is 1. The standard InChI is InChI=1S/C14H18FN3/c1-12-11-14(15)4-3-13(12)5-7-16-8-10-18-9-2-6-17-18/h2-4,6,9,11,16H,5,7-8,10H2,1H3. The molecule has 2 rings (SSSR count). The van der Waals surface area contributed by atoms with Crippen molar-refractivity contribution < 1.29 is 4.39 Å². The molecule has 0 spiro atoms. The van der Waals surface area contributed by atoms with Gasteiger partial charge in [-0.15, -0.1) is 0 Å². The summed E-state index contributed by atoms with van der Waals surface area (Å²) in [5.41, 5.74) is 2.21. The fourth-order valence-corrected chi connectivity index (χ4v) is 1.91. The Hall–Kier alpha value is -1.68. The highest BCUT2D eigenvalue weighted by Crippen LogP contribution is 2.10. The van der Waals surface area contributed by atoms with Gasteiger partial charge in [0.25, 0.3) is 0 Å². The largest absolute Gasteiger partial charge is 0.315 e. The van der Waals surface area contributed by atoms with Crippen LogP contribution in [0.15, 0.2) is 36.7 Å². The first-order chi connectivity index (χ1) is 8.75. The van der Waals surface area contributed by atoms with Crippen LogP contribution in [-0.4, -0.2) is 22.9 Å². The third kappa shape index (κ3) is 3.67. The van der Waals surface area contributed by atoms with E-state index in [1.807, 2.05) is 29.9 Å². The highest BCUT2D eigenvalue weighted by Gasteiger charge is 1.99. The minimum Gasteiger partial charge on any atom is -0.315 e. The molecule has 0 fully saturated rings. The van der Waals surface area contributed by atoms with E-state index < -0.39 is 0 Å². The normalized spacial score (nSPS) is 10.8. The number of aromatic nitrogens is 2. The van der Waals surface area contributed by atoms with Gasteiger partial charge in [-0.2, -0.15) is 5.10 Å². The van der Waals surface area contributed by atoms with Crippen LogP contribution in [0, 0.1) is 12.7 Å². The maximum absolute atomic E-state index is 12.9. The Morgan fingerprint density at radius 1 is 1.33 bits per heavy atom. The fraction of sp³-hybridized carbons (Fsp3) is 0.357. The Labute approximate surface area is 107 Å². The van der Waals surface area contributed by atoms with E-state index in [0.29, 0.717) is 0 Å². The zero-order chi connectivity index (χ0) is 12.8. The average Bonchev–Trinajstić information content (AvgIpc) is 2.84. The lowest BCUT2D eigenvalue weighted by Gasteiger charge is -2.07. The molecule has 1 aromatic carbocycles. The van der Waals surface area contributed by atoms with E-state index >= 15 is 0 Å². The van der Waals surface area contributed by atoms with E-state index in [-0.39, 0.29) is 5.82 Å². The first kappa shape index (κ1) is 12.8. The SMILES string of the molecule is Cc1cc(F)ccc1CCNCCn1cccn1. The second kappa shape index (κ2) is 6.31. The molecular weight excluding hydrogens is 229 g/mol. The number of hydrogen-bond acceptors (Lipinski definition) is 2. The van der Waals surface area contributed by atoms with Gasteiger partial charge in [-0.05, 0) is 49.2 Å². The lowest BCUT2D eigenvalue weighted by molar-refractivity contribution is 0.556. The summed E-state index contributed by atoms with van der Waals surface area (Å²) < 4.78 is 14.8. The molecule has 18 heavy (non-hydrogen) atoms. The summed E-state index contributed by atoms with van der Waals surface area (Å²) in [6, 6.07) is 6.88. The molecular formula is C14H18FN3. The quantitative estimate of drug-likeness (QED) is 0.793. The van der Waals surface area contributed by atoms with Crippen LogP contribution in [0.5, 0.6) is 0 Å². The fourth-order valence-electron chi connectivity index (χ4n) is 1.91. The lowest BCUT2D eigenvalue weighted by atomic mass is 10.1. The second-order valence-corrected chi connectivity index (χ2v) is 4.34. The van der Waals surface area contributed by atoms with Gasteiger partial charge in [0.05, 0.1) is 6.54 Å². The molecule has 96 valence electrons. The number of rotatable bonds is 6. The maximum Gasteiger partial charge on any atom is 0.123 e. The Morgan fingerprint density at radius 2 is 2.22 bits per heavy atom. The second-order valence-electron chi connectivity index (χ2n) is 4.34. The van der Waals surface area contributed by atoms with Crippen molar-refractivity contribution in [1.29, 1.82) is 0 Å². The number of hydrogen-bond donors (Lipinski definition) is 1. The molecule has 0 aliphatic rings. The summed E-state index contributed by atoms with van der Waals surface area (Å²) in [6.07, 6.45) is 4.65. The van der Waals surface area contributed by atoms with Crippen molar-refractivity contribution in [3.8, 4) is 0 Å². The first-order valence-electron chi connectivity index (χ1n) is 6.19. The molecule has 0 saturated carbocycles. The summed E-state index contributed by atoms with van der Waals surface area (Å²) >= 11 is 0. The van der Waals surface area contributed by atoms with Crippen molar-refractivity contribution in [2.24, 2.45) is 0 Å². The maximum atomic E-state index is 12.9. The Kier molecular flexibility index (Phi) is 4.47. The number of halogens is 1. The van der Waals surface area contributed by atoms with Gasteiger partial charge in [-0.25, -0.2) is 4.39 Å². The number of nitrogens with zero attached hydrogens (tertiary/aromatic N) is 2. The molecule has 0 atom stereocenters. The molecule has 0 radical (unpaired) electrons. The van der Waals surface area contributed by atoms with Crippen LogP contribution < -0.4 is 5.32 Å².